The van der Waals surface area contributed by atoms with Gasteiger partial charge in [-0.1, -0.05) is 24.3 Å². The minimum atomic E-state index is 0.398. The van der Waals surface area contributed by atoms with Crippen LogP contribution in [-0.2, 0) is 0 Å². The third-order valence-electron chi connectivity index (χ3n) is 2.99. The molecule has 1 unspecified atom stereocenters. The fourth-order valence-corrected chi connectivity index (χ4v) is 2.79. The Hall–Kier alpha value is -1.32. The number of aryl methyl sites for hydroxylation is 1. The maximum Gasteiger partial charge on any atom is 0.122 e. The molecule has 1 aromatic carbocycles. The first-order chi connectivity index (χ1) is 8.81. The number of ether oxygens (including phenoxy) is 1. The van der Waals surface area contributed by atoms with Crippen molar-refractivity contribution in [2.24, 2.45) is 5.73 Å². The van der Waals surface area contributed by atoms with Gasteiger partial charge in [-0.25, -0.2) is 0 Å². The zero-order valence-electron chi connectivity index (χ0n) is 10.6. The fourth-order valence-electron chi connectivity index (χ4n) is 1.94. The molecule has 0 saturated heterocycles. The van der Waals surface area contributed by atoms with Gasteiger partial charge in [0, 0.05) is 10.8 Å². The van der Waals surface area contributed by atoms with Gasteiger partial charge in [0.25, 0.3) is 0 Å². The standard InChI is InChI=1S/C15H19NOS/c1-12-5-2-3-6-14(12)17-11-13(8-9-16)15-7-4-10-18-15/h2-7,10,13H,8-9,11,16H2,1H3. The number of para-hydroxylation sites is 1. The van der Waals surface area contributed by atoms with Crippen LogP contribution in [0.2, 0.25) is 0 Å². The molecule has 2 rings (SSSR count). The zero-order valence-corrected chi connectivity index (χ0v) is 11.5. The molecular formula is C15H19NOS. The van der Waals surface area contributed by atoms with Crippen LogP contribution in [0.1, 0.15) is 22.8 Å². The number of hydrogen-bond donors (Lipinski definition) is 1. The smallest absolute Gasteiger partial charge is 0.122 e. The molecule has 0 bridgehead atoms. The number of thiophene rings is 1. The molecule has 18 heavy (non-hydrogen) atoms. The summed E-state index contributed by atoms with van der Waals surface area (Å²) >= 11 is 1.77. The minimum absolute atomic E-state index is 0.398. The van der Waals surface area contributed by atoms with E-state index in [0.29, 0.717) is 19.1 Å². The Morgan fingerprint density at radius 3 is 2.72 bits per heavy atom. The summed E-state index contributed by atoms with van der Waals surface area (Å²) in [6.45, 7) is 3.46. The van der Waals surface area contributed by atoms with Gasteiger partial charge in [0.2, 0.25) is 0 Å². The second kappa shape index (κ2) is 6.57. The van der Waals surface area contributed by atoms with Crippen molar-refractivity contribution >= 4 is 11.3 Å². The molecule has 0 radical (unpaired) electrons. The lowest BCUT2D eigenvalue weighted by atomic mass is 10.1. The highest BCUT2D eigenvalue weighted by atomic mass is 32.1. The predicted octanol–water partition coefficient (Wildman–Crippen LogP) is 3.57. The van der Waals surface area contributed by atoms with Crippen LogP contribution in [0.15, 0.2) is 41.8 Å². The Labute approximate surface area is 112 Å². The summed E-state index contributed by atoms with van der Waals surface area (Å²) in [6.07, 6.45) is 0.965. The SMILES string of the molecule is Cc1ccccc1OCC(CCN)c1cccs1. The van der Waals surface area contributed by atoms with Crippen LogP contribution in [0.3, 0.4) is 0 Å². The van der Waals surface area contributed by atoms with Gasteiger partial charge in [0.1, 0.15) is 5.75 Å². The van der Waals surface area contributed by atoms with Crippen LogP contribution in [0.4, 0.5) is 0 Å². The number of rotatable bonds is 6. The summed E-state index contributed by atoms with van der Waals surface area (Å²) in [5.41, 5.74) is 6.86. The van der Waals surface area contributed by atoms with Gasteiger partial charge >= 0.3 is 0 Å². The van der Waals surface area contributed by atoms with E-state index in [1.54, 1.807) is 11.3 Å². The van der Waals surface area contributed by atoms with E-state index in [9.17, 15) is 0 Å². The van der Waals surface area contributed by atoms with Crippen LogP contribution < -0.4 is 10.5 Å². The number of nitrogens with two attached hydrogens (primary N) is 1. The van der Waals surface area contributed by atoms with E-state index in [1.165, 1.54) is 10.4 Å². The fraction of sp³-hybridized carbons (Fsp3) is 0.333. The normalized spacial score (nSPS) is 12.3. The van der Waals surface area contributed by atoms with Crippen molar-refractivity contribution in [1.29, 1.82) is 0 Å². The van der Waals surface area contributed by atoms with Gasteiger partial charge in [-0.15, -0.1) is 11.3 Å². The molecule has 0 aliphatic heterocycles. The minimum Gasteiger partial charge on any atom is -0.493 e. The molecular weight excluding hydrogens is 242 g/mol. The molecule has 96 valence electrons. The van der Waals surface area contributed by atoms with Crippen molar-refractivity contribution in [3.8, 4) is 5.75 Å². The highest BCUT2D eigenvalue weighted by Crippen LogP contribution is 2.26. The maximum atomic E-state index is 5.93. The Morgan fingerprint density at radius 1 is 1.22 bits per heavy atom. The van der Waals surface area contributed by atoms with Gasteiger partial charge in [-0.3, -0.25) is 0 Å². The number of hydrogen-bond acceptors (Lipinski definition) is 3. The van der Waals surface area contributed by atoms with Crippen molar-refractivity contribution in [1.82, 2.24) is 0 Å². The summed E-state index contributed by atoms with van der Waals surface area (Å²) in [5.74, 6) is 1.37. The zero-order chi connectivity index (χ0) is 12.8. The van der Waals surface area contributed by atoms with Crippen molar-refractivity contribution in [3.05, 3.63) is 52.2 Å². The molecule has 0 amide bonds. The monoisotopic (exact) mass is 261 g/mol. The molecule has 0 aliphatic rings. The Morgan fingerprint density at radius 2 is 2.06 bits per heavy atom. The Kier molecular flexibility index (Phi) is 4.79. The second-order valence-electron chi connectivity index (χ2n) is 4.37. The summed E-state index contributed by atoms with van der Waals surface area (Å²) in [5, 5.41) is 2.10. The highest BCUT2D eigenvalue weighted by molar-refractivity contribution is 7.10. The van der Waals surface area contributed by atoms with E-state index < -0.39 is 0 Å². The average molecular weight is 261 g/mol. The van der Waals surface area contributed by atoms with Crippen LogP contribution >= 0.6 is 11.3 Å². The van der Waals surface area contributed by atoms with Crippen LogP contribution in [0.5, 0.6) is 5.75 Å². The summed E-state index contributed by atoms with van der Waals surface area (Å²) < 4.78 is 5.93. The molecule has 2 nitrogen and oxygen atoms in total. The van der Waals surface area contributed by atoms with E-state index in [0.717, 1.165) is 12.2 Å². The summed E-state index contributed by atoms with van der Waals surface area (Å²) in [6, 6.07) is 12.4. The van der Waals surface area contributed by atoms with E-state index in [4.69, 9.17) is 10.5 Å². The van der Waals surface area contributed by atoms with Gasteiger partial charge in [0.05, 0.1) is 6.61 Å². The van der Waals surface area contributed by atoms with Crippen LogP contribution in [-0.4, -0.2) is 13.2 Å². The molecule has 1 atom stereocenters. The van der Waals surface area contributed by atoms with Gasteiger partial charge in [-0.2, -0.15) is 0 Å². The van der Waals surface area contributed by atoms with E-state index in [-0.39, 0.29) is 0 Å². The first-order valence-corrected chi connectivity index (χ1v) is 7.11. The van der Waals surface area contributed by atoms with Gasteiger partial charge in [-0.05, 0) is 43.0 Å². The van der Waals surface area contributed by atoms with Crippen LogP contribution in [0, 0.1) is 6.92 Å². The van der Waals surface area contributed by atoms with Crippen molar-refractivity contribution in [2.45, 2.75) is 19.3 Å². The third-order valence-corrected chi connectivity index (χ3v) is 4.03. The van der Waals surface area contributed by atoms with E-state index >= 15 is 0 Å². The summed E-state index contributed by atoms with van der Waals surface area (Å²) in [4.78, 5) is 1.36. The third kappa shape index (κ3) is 3.34. The largest absolute Gasteiger partial charge is 0.493 e. The molecule has 3 heteroatoms. The first-order valence-electron chi connectivity index (χ1n) is 6.23. The lowest BCUT2D eigenvalue weighted by Gasteiger charge is -2.16. The Bertz CT molecular complexity index is 467. The second-order valence-corrected chi connectivity index (χ2v) is 5.35. The summed E-state index contributed by atoms with van der Waals surface area (Å²) in [7, 11) is 0. The van der Waals surface area contributed by atoms with E-state index in [2.05, 4.69) is 30.5 Å². The van der Waals surface area contributed by atoms with Crippen molar-refractivity contribution in [3.63, 3.8) is 0 Å². The molecule has 2 N–H and O–H groups in total. The lowest BCUT2D eigenvalue weighted by Crippen LogP contribution is -2.14. The first kappa shape index (κ1) is 13.1. The van der Waals surface area contributed by atoms with Crippen LogP contribution in [0.25, 0.3) is 0 Å². The molecule has 0 aliphatic carbocycles. The molecule has 2 aromatic rings. The molecule has 0 saturated carbocycles. The Balaban J connectivity index is 2.00. The predicted molar refractivity (Wildman–Crippen MR) is 77.4 cm³/mol. The highest BCUT2D eigenvalue weighted by Gasteiger charge is 2.13. The molecule has 1 aromatic heterocycles. The number of benzene rings is 1. The average Bonchev–Trinajstić information content (AvgIpc) is 2.90. The topological polar surface area (TPSA) is 35.2 Å². The molecule has 1 heterocycles. The van der Waals surface area contributed by atoms with Crippen molar-refractivity contribution in [2.75, 3.05) is 13.2 Å². The van der Waals surface area contributed by atoms with E-state index in [1.807, 2.05) is 18.2 Å². The lowest BCUT2D eigenvalue weighted by molar-refractivity contribution is 0.283. The quantitative estimate of drug-likeness (QED) is 0.862. The molecule has 0 fully saturated rings. The maximum absolute atomic E-state index is 5.93. The van der Waals surface area contributed by atoms with Gasteiger partial charge in [0.15, 0.2) is 0 Å². The molecule has 0 spiro atoms. The van der Waals surface area contributed by atoms with Crippen molar-refractivity contribution < 1.29 is 4.74 Å². The van der Waals surface area contributed by atoms with Gasteiger partial charge < -0.3 is 10.5 Å².